The van der Waals surface area contributed by atoms with Crippen LogP contribution in [0.1, 0.15) is 60.3 Å². The van der Waals surface area contributed by atoms with E-state index >= 15 is 0 Å². The van der Waals surface area contributed by atoms with Gasteiger partial charge in [0.15, 0.2) is 5.60 Å². The summed E-state index contributed by atoms with van der Waals surface area (Å²) < 4.78 is 11.7. The summed E-state index contributed by atoms with van der Waals surface area (Å²) in [5, 5.41) is 10.4. The van der Waals surface area contributed by atoms with Crippen molar-refractivity contribution in [2.45, 2.75) is 57.0 Å². The first-order valence-corrected chi connectivity index (χ1v) is 10.7. The molecule has 0 aromatic heterocycles. The second-order valence-electron chi connectivity index (χ2n) is 8.79. The van der Waals surface area contributed by atoms with Crippen LogP contribution in [-0.4, -0.2) is 24.8 Å². The van der Waals surface area contributed by atoms with Crippen LogP contribution in [0.3, 0.4) is 0 Å². The van der Waals surface area contributed by atoms with Gasteiger partial charge < -0.3 is 14.6 Å². The van der Waals surface area contributed by atoms with Crippen LogP contribution in [0.5, 0.6) is 5.75 Å². The molecular formula is C25H28O4. The molecule has 3 aliphatic rings. The molecule has 0 radical (unpaired) electrons. The van der Waals surface area contributed by atoms with E-state index in [0.29, 0.717) is 5.92 Å². The Labute approximate surface area is 171 Å². The molecule has 4 heteroatoms. The molecule has 152 valence electrons. The minimum Gasteiger partial charge on any atom is -0.493 e. The number of aryl methyl sites for hydroxylation is 2. The molecule has 1 heterocycles. The van der Waals surface area contributed by atoms with Crippen molar-refractivity contribution in [3.63, 3.8) is 0 Å². The Morgan fingerprint density at radius 2 is 1.97 bits per heavy atom. The van der Waals surface area contributed by atoms with Gasteiger partial charge in [-0.05, 0) is 91.3 Å². The van der Waals surface area contributed by atoms with Gasteiger partial charge in [0.25, 0.3) is 0 Å². The Morgan fingerprint density at radius 1 is 1.17 bits per heavy atom. The fraction of sp³-hybridized carbons (Fsp3) is 0.480. The van der Waals surface area contributed by atoms with Crippen molar-refractivity contribution in [2.75, 3.05) is 13.7 Å². The highest BCUT2D eigenvalue weighted by atomic mass is 16.5. The van der Waals surface area contributed by atoms with Crippen molar-refractivity contribution in [3.05, 3.63) is 52.6 Å². The lowest BCUT2D eigenvalue weighted by atomic mass is 9.77. The summed E-state index contributed by atoms with van der Waals surface area (Å²) >= 11 is 0. The first kappa shape index (κ1) is 18.7. The second kappa shape index (κ2) is 6.88. The lowest BCUT2D eigenvalue weighted by Crippen LogP contribution is -2.41. The molecule has 2 aliphatic carbocycles. The number of fused-ring (bicyclic) bond motifs is 1. The van der Waals surface area contributed by atoms with E-state index < -0.39 is 11.6 Å². The number of hydrogen-bond donors (Lipinski definition) is 1. The maximum Gasteiger partial charge on any atom is 0.340 e. The quantitative estimate of drug-likeness (QED) is 0.734. The second-order valence-corrected chi connectivity index (χ2v) is 8.79. The van der Waals surface area contributed by atoms with Gasteiger partial charge in [-0.25, -0.2) is 4.79 Å². The third-order valence-electron chi connectivity index (χ3n) is 6.82. The van der Waals surface area contributed by atoms with Crippen molar-refractivity contribution >= 4 is 5.97 Å². The van der Waals surface area contributed by atoms with Crippen molar-refractivity contribution in [1.29, 1.82) is 0 Å². The van der Waals surface area contributed by atoms with Gasteiger partial charge in [-0.3, -0.25) is 0 Å². The first-order chi connectivity index (χ1) is 14.1. The molecule has 1 atom stereocenters. The normalized spacial score (nSPS) is 20.5. The number of aliphatic carboxylic acids is 1. The molecule has 2 aromatic carbocycles. The highest BCUT2D eigenvalue weighted by molar-refractivity contribution is 5.87. The van der Waals surface area contributed by atoms with Crippen LogP contribution in [0.25, 0.3) is 11.1 Å². The van der Waals surface area contributed by atoms with Gasteiger partial charge in [-0.1, -0.05) is 18.2 Å². The fourth-order valence-corrected chi connectivity index (χ4v) is 5.09. The number of benzene rings is 2. The molecule has 1 N–H and O–H groups in total. The van der Waals surface area contributed by atoms with E-state index in [1.807, 2.05) is 6.92 Å². The summed E-state index contributed by atoms with van der Waals surface area (Å²) in [5.41, 5.74) is 5.23. The Hall–Kier alpha value is -2.33. The molecule has 2 fully saturated rings. The molecule has 4 nitrogen and oxygen atoms in total. The van der Waals surface area contributed by atoms with Gasteiger partial charge >= 0.3 is 5.97 Å². The Kier molecular flexibility index (Phi) is 4.43. The van der Waals surface area contributed by atoms with Gasteiger partial charge in [0, 0.05) is 18.6 Å². The molecule has 2 saturated carbocycles. The molecule has 1 unspecified atom stereocenters. The number of carbonyl (C=O) groups is 1. The van der Waals surface area contributed by atoms with E-state index in [1.54, 1.807) is 7.11 Å². The van der Waals surface area contributed by atoms with E-state index in [-0.39, 0.29) is 5.92 Å². The van der Waals surface area contributed by atoms with Crippen LogP contribution in [0, 0.1) is 12.8 Å². The Bertz CT molecular complexity index is 971. The standard InChI is InChI=1S/C25H28O4/c1-15-5-11-20(16-6-7-16)22(18-8-12-21-17(14-18)4-3-13-29-21)23(15)25(28-2,24(26)27)19-9-10-19/h5,8,11-12,14,16,19H,3-4,6-7,9-10,13H2,1-2H3,(H,26,27). The molecular weight excluding hydrogens is 364 g/mol. The summed E-state index contributed by atoms with van der Waals surface area (Å²) in [4.78, 5) is 12.7. The van der Waals surface area contributed by atoms with E-state index in [0.717, 1.165) is 60.3 Å². The van der Waals surface area contributed by atoms with Gasteiger partial charge in [0.05, 0.1) is 6.61 Å². The van der Waals surface area contributed by atoms with Gasteiger partial charge in [0.2, 0.25) is 0 Å². The van der Waals surface area contributed by atoms with Gasteiger partial charge in [-0.2, -0.15) is 0 Å². The third-order valence-corrected chi connectivity index (χ3v) is 6.82. The minimum absolute atomic E-state index is 0.0258. The first-order valence-electron chi connectivity index (χ1n) is 10.7. The molecule has 0 saturated heterocycles. The molecule has 0 spiro atoms. The smallest absolute Gasteiger partial charge is 0.340 e. The minimum atomic E-state index is -1.28. The number of ether oxygens (including phenoxy) is 2. The fourth-order valence-electron chi connectivity index (χ4n) is 5.09. The summed E-state index contributed by atoms with van der Waals surface area (Å²) in [5.74, 6) is 0.624. The molecule has 5 rings (SSSR count). The van der Waals surface area contributed by atoms with Crippen molar-refractivity contribution in [1.82, 2.24) is 0 Å². The van der Waals surface area contributed by atoms with E-state index in [1.165, 1.54) is 24.0 Å². The zero-order valence-corrected chi connectivity index (χ0v) is 17.2. The Morgan fingerprint density at radius 3 is 2.62 bits per heavy atom. The van der Waals surface area contributed by atoms with Crippen molar-refractivity contribution in [2.24, 2.45) is 5.92 Å². The predicted molar refractivity (Wildman–Crippen MR) is 111 cm³/mol. The lowest BCUT2D eigenvalue weighted by Gasteiger charge is -2.33. The molecule has 0 bridgehead atoms. The maximum absolute atomic E-state index is 12.7. The zero-order chi connectivity index (χ0) is 20.2. The van der Waals surface area contributed by atoms with Crippen LogP contribution in [0.15, 0.2) is 30.3 Å². The molecule has 0 amide bonds. The van der Waals surface area contributed by atoms with Crippen molar-refractivity contribution in [3.8, 4) is 16.9 Å². The van der Waals surface area contributed by atoms with Gasteiger partial charge in [0.1, 0.15) is 5.75 Å². The van der Waals surface area contributed by atoms with Crippen LogP contribution in [-0.2, 0) is 21.6 Å². The largest absolute Gasteiger partial charge is 0.493 e. The summed E-state index contributed by atoms with van der Waals surface area (Å²) in [6.45, 7) is 2.79. The highest BCUT2D eigenvalue weighted by Gasteiger charge is 2.55. The number of methoxy groups -OCH3 is 1. The zero-order valence-electron chi connectivity index (χ0n) is 17.2. The average molecular weight is 392 g/mol. The SMILES string of the molecule is COC(C(=O)O)(c1c(C)ccc(C2CC2)c1-c1ccc2c(c1)CCCO2)C1CC1. The maximum atomic E-state index is 12.7. The summed E-state index contributed by atoms with van der Waals surface area (Å²) in [7, 11) is 1.56. The van der Waals surface area contributed by atoms with Crippen LogP contribution < -0.4 is 4.74 Å². The third kappa shape index (κ3) is 2.96. The molecule has 2 aromatic rings. The van der Waals surface area contributed by atoms with E-state index in [4.69, 9.17) is 9.47 Å². The average Bonchev–Trinajstić information content (AvgIpc) is 3.62. The number of rotatable bonds is 6. The predicted octanol–water partition coefficient (Wildman–Crippen LogP) is 5.20. The monoisotopic (exact) mass is 392 g/mol. The Balaban J connectivity index is 1.78. The van der Waals surface area contributed by atoms with E-state index in [9.17, 15) is 9.90 Å². The molecule has 1 aliphatic heterocycles. The number of carboxylic acid groups (broad SMARTS) is 1. The van der Waals surface area contributed by atoms with E-state index in [2.05, 4.69) is 30.3 Å². The molecule has 29 heavy (non-hydrogen) atoms. The van der Waals surface area contributed by atoms with Crippen LogP contribution in [0.4, 0.5) is 0 Å². The summed E-state index contributed by atoms with van der Waals surface area (Å²) in [6, 6.07) is 10.7. The van der Waals surface area contributed by atoms with Crippen molar-refractivity contribution < 1.29 is 19.4 Å². The lowest BCUT2D eigenvalue weighted by molar-refractivity contribution is -0.167. The number of carboxylic acids is 1. The highest BCUT2D eigenvalue weighted by Crippen LogP contribution is 2.55. The number of hydrogen-bond acceptors (Lipinski definition) is 3. The van der Waals surface area contributed by atoms with Crippen LogP contribution in [0.2, 0.25) is 0 Å². The summed E-state index contributed by atoms with van der Waals surface area (Å²) in [6.07, 6.45) is 6.14. The van der Waals surface area contributed by atoms with Gasteiger partial charge in [-0.15, -0.1) is 0 Å². The van der Waals surface area contributed by atoms with Crippen LogP contribution >= 0.6 is 0 Å². The topological polar surface area (TPSA) is 55.8 Å².